The minimum atomic E-state index is 0.797. The van der Waals surface area contributed by atoms with Gasteiger partial charge in [-0.15, -0.1) is 0 Å². The van der Waals surface area contributed by atoms with Gasteiger partial charge in [0.2, 0.25) is 0 Å². The lowest BCUT2D eigenvalue weighted by molar-refractivity contribution is 0.856. The quantitative estimate of drug-likeness (QED) is 0.427. The predicted molar refractivity (Wildman–Crippen MR) is 125 cm³/mol. The van der Waals surface area contributed by atoms with Crippen LogP contribution in [-0.4, -0.2) is 20.6 Å². The Morgan fingerprint density at radius 2 is 1.54 bits per heavy atom. The summed E-state index contributed by atoms with van der Waals surface area (Å²) in [5.41, 5.74) is 13.4. The van der Waals surface area contributed by atoms with Crippen molar-refractivity contribution in [2.24, 2.45) is 0 Å². The number of allylic oxidation sites excluding steroid dienone is 3. The smallest absolute Gasteiger partial charge is 0.0453 e. The molecule has 0 radical (unpaired) electrons. The van der Waals surface area contributed by atoms with Crippen molar-refractivity contribution in [3.8, 4) is 0 Å². The Morgan fingerprint density at radius 3 is 2.14 bits per heavy atom. The van der Waals surface area contributed by atoms with Gasteiger partial charge in [0, 0.05) is 44.2 Å². The second kappa shape index (κ2) is 10.6. The van der Waals surface area contributed by atoms with Gasteiger partial charge in [0.1, 0.15) is 0 Å². The van der Waals surface area contributed by atoms with Crippen LogP contribution in [0.25, 0.3) is 0 Å². The lowest BCUT2D eigenvalue weighted by Crippen LogP contribution is -2.23. The molecule has 28 heavy (non-hydrogen) atoms. The van der Waals surface area contributed by atoms with Gasteiger partial charge in [0.15, 0.2) is 0 Å². The third-order valence-electron chi connectivity index (χ3n) is 4.90. The maximum Gasteiger partial charge on any atom is 0.0453 e. The van der Waals surface area contributed by atoms with Crippen molar-refractivity contribution < 1.29 is 0 Å². The molecule has 0 aliphatic rings. The minimum absolute atomic E-state index is 0.797. The van der Waals surface area contributed by atoms with Gasteiger partial charge in [0.05, 0.1) is 0 Å². The second-order valence-corrected chi connectivity index (χ2v) is 7.86. The lowest BCUT2D eigenvalue weighted by Gasteiger charge is -2.25. The maximum atomic E-state index is 6.21. The van der Waals surface area contributed by atoms with Gasteiger partial charge >= 0.3 is 0 Å². The molecule has 2 N–H and O–H groups in total. The summed E-state index contributed by atoms with van der Waals surface area (Å²) in [4.78, 5) is 4.51. The van der Waals surface area contributed by atoms with Crippen LogP contribution >= 0.6 is 0 Å². The van der Waals surface area contributed by atoms with Crippen LogP contribution in [0.1, 0.15) is 39.2 Å². The largest absolute Gasteiger partial charge is 0.398 e. The Bertz CT molecular complexity index is 797. The van der Waals surface area contributed by atoms with Crippen LogP contribution in [-0.2, 0) is 6.54 Å². The Labute approximate surface area is 171 Å². The Balaban J connectivity index is 2.18. The average Bonchev–Trinajstić information content (AvgIpc) is 2.66. The highest BCUT2D eigenvalue weighted by Gasteiger charge is 2.09. The van der Waals surface area contributed by atoms with E-state index in [2.05, 4.69) is 93.2 Å². The van der Waals surface area contributed by atoms with Gasteiger partial charge in [-0.05, 0) is 69.5 Å². The van der Waals surface area contributed by atoms with Crippen molar-refractivity contribution in [2.45, 2.75) is 40.2 Å². The zero-order valence-corrected chi connectivity index (χ0v) is 18.1. The standard InChI is InChI=1S/C25H35N3/c1-20(2)9-8-10-21(3)17-18-28(19-22-11-6-7-12-25(22)26)24-15-13-23(14-16-24)27(4)5/h6-7,9,11-17H,8,10,18-19,26H2,1-5H3/b21-17+. The van der Waals surface area contributed by atoms with Crippen molar-refractivity contribution in [1.82, 2.24) is 0 Å². The van der Waals surface area contributed by atoms with Crippen LogP contribution in [0.5, 0.6) is 0 Å². The molecule has 0 atom stereocenters. The molecule has 3 nitrogen and oxygen atoms in total. The fourth-order valence-electron chi connectivity index (χ4n) is 3.06. The number of hydrogen-bond acceptors (Lipinski definition) is 3. The van der Waals surface area contributed by atoms with E-state index in [0.29, 0.717) is 0 Å². The number of nitrogen functional groups attached to an aromatic ring is 1. The highest BCUT2D eigenvalue weighted by Crippen LogP contribution is 2.23. The summed E-state index contributed by atoms with van der Waals surface area (Å²) in [5, 5.41) is 0. The van der Waals surface area contributed by atoms with Gasteiger partial charge < -0.3 is 15.5 Å². The predicted octanol–water partition coefficient (Wildman–Crippen LogP) is 6.03. The van der Waals surface area contributed by atoms with Gasteiger partial charge in [-0.1, -0.05) is 41.5 Å². The van der Waals surface area contributed by atoms with E-state index < -0.39 is 0 Å². The average molecular weight is 378 g/mol. The molecule has 150 valence electrons. The molecule has 0 aliphatic heterocycles. The molecular weight excluding hydrogens is 342 g/mol. The SMILES string of the molecule is CC(C)=CCC/C(C)=C/CN(Cc1ccccc1N)c1ccc(N(C)C)cc1. The van der Waals surface area contributed by atoms with Crippen LogP contribution in [0, 0.1) is 0 Å². The lowest BCUT2D eigenvalue weighted by atomic mass is 10.1. The molecule has 0 fully saturated rings. The molecule has 3 heteroatoms. The second-order valence-electron chi connectivity index (χ2n) is 7.86. The molecule has 0 unspecified atom stereocenters. The fraction of sp³-hybridized carbons (Fsp3) is 0.360. The summed E-state index contributed by atoms with van der Waals surface area (Å²) in [7, 11) is 4.13. The van der Waals surface area contributed by atoms with E-state index in [0.717, 1.165) is 37.2 Å². The molecule has 0 amide bonds. The monoisotopic (exact) mass is 377 g/mol. The number of nitrogens with zero attached hydrogens (tertiary/aromatic N) is 2. The first-order valence-electron chi connectivity index (χ1n) is 10.0. The fourth-order valence-corrected chi connectivity index (χ4v) is 3.06. The first-order chi connectivity index (χ1) is 13.4. The molecule has 0 saturated carbocycles. The Morgan fingerprint density at radius 1 is 0.893 bits per heavy atom. The number of anilines is 3. The van der Waals surface area contributed by atoms with E-state index in [4.69, 9.17) is 5.73 Å². The number of benzene rings is 2. The minimum Gasteiger partial charge on any atom is -0.398 e. The molecule has 0 heterocycles. The van der Waals surface area contributed by atoms with Crippen molar-refractivity contribution >= 4 is 17.1 Å². The first kappa shape index (κ1) is 21.6. The Kier molecular flexibility index (Phi) is 8.19. The Hall–Kier alpha value is -2.68. The van der Waals surface area contributed by atoms with E-state index in [1.807, 2.05) is 12.1 Å². The van der Waals surface area contributed by atoms with Gasteiger partial charge in [0.25, 0.3) is 0 Å². The number of rotatable bonds is 9. The number of nitrogens with two attached hydrogens (primary N) is 1. The normalized spacial score (nSPS) is 11.2. The summed E-state index contributed by atoms with van der Waals surface area (Å²) in [5.74, 6) is 0. The van der Waals surface area contributed by atoms with Crippen LogP contribution < -0.4 is 15.5 Å². The summed E-state index contributed by atoms with van der Waals surface area (Å²) in [6, 6.07) is 16.9. The third-order valence-corrected chi connectivity index (χ3v) is 4.90. The number of hydrogen-bond donors (Lipinski definition) is 1. The number of para-hydroxylation sites is 1. The molecule has 0 saturated heterocycles. The first-order valence-corrected chi connectivity index (χ1v) is 10.0. The van der Waals surface area contributed by atoms with Crippen molar-refractivity contribution in [1.29, 1.82) is 0 Å². The summed E-state index contributed by atoms with van der Waals surface area (Å²) >= 11 is 0. The molecule has 0 spiro atoms. The highest BCUT2D eigenvalue weighted by molar-refractivity contribution is 5.57. The van der Waals surface area contributed by atoms with Crippen LogP contribution in [0.4, 0.5) is 17.1 Å². The van der Waals surface area contributed by atoms with Gasteiger partial charge in [-0.3, -0.25) is 0 Å². The highest BCUT2D eigenvalue weighted by atomic mass is 15.1. The molecule has 0 aromatic heterocycles. The topological polar surface area (TPSA) is 32.5 Å². The van der Waals surface area contributed by atoms with Crippen LogP contribution in [0.15, 0.2) is 71.8 Å². The molecule has 0 aliphatic carbocycles. The zero-order chi connectivity index (χ0) is 20.5. The van der Waals surface area contributed by atoms with E-state index >= 15 is 0 Å². The summed E-state index contributed by atoms with van der Waals surface area (Å²) < 4.78 is 0. The zero-order valence-electron chi connectivity index (χ0n) is 18.1. The molecule has 2 rings (SSSR count). The van der Waals surface area contributed by atoms with E-state index in [1.165, 1.54) is 22.5 Å². The maximum absolute atomic E-state index is 6.21. The molecule has 2 aromatic carbocycles. The van der Waals surface area contributed by atoms with Crippen molar-refractivity contribution in [3.63, 3.8) is 0 Å². The molecular formula is C25H35N3. The van der Waals surface area contributed by atoms with Gasteiger partial charge in [-0.2, -0.15) is 0 Å². The summed E-state index contributed by atoms with van der Waals surface area (Å²) in [6.07, 6.45) is 6.86. The van der Waals surface area contributed by atoms with E-state index in [-0.39, 0.29) is 0 Å². The molecule has 0 bridgehead atoms. The van der Waals surface area contributed by atoms with E-state index in [1.54, 1.807) is 0 Å². The van der Waals surface area contributed by atoms with Crippen LogP contribution in [0.2, 0.25) is 0 Å². The van der Waals surface area contributed by atoms with Crippen molar-refractivity contribution in [2.75, 3.05) is 36.2 Å². The summed E-state index contributed by atoms with van der Waals surface area (Å²) in [6.45, 7) is 8.20. The van der Waals surface area contributed by atoms with Crippen molar-refractivity contribution in [3.05, 3.63) is 77.4 Å². The van der Waals surface area contributed by atoms with Crippen LogP contribution in [0.3, 0.4) is 0 Å². The van der Waals surface area contributed by atoms with Gasteiger partial charge in [-0.25, -0.2) is 0 Å². The molecule has 2 aromatic rings. The third kappa shape index (κ3) is 6.80. The van der Waals surface area contributed by atoms with E-state index in [9.17, 15) is 0 Å².